The number of aromatic nitrogens is 1. The summed E-state index contributed by atoms with van der Waals surface area (Å²) < 4.78 is 5.49. The first kappa shape index (κ1) is 21.2. The van der Waals surface area contributed by atoms with Crippen LogP contribution in [-0.4, -0.2) is 39.1 Å². The highest BCUT2D eigenvalue weighted by atomic mass is 16.3. The SMILES string of the molecule is CCCc1nc(-c2ccc(-c3ccc(C(O)CC(N)(CO)CO)cc3)cc2)co1. The number of rotatable bonds is 9. The van der Waals surface area contributed by atoms with Gasteiger partial charge in [-0.3, -0.25) is 0 Å². The normalized spacial score (nSPS) is 12.9. The zero-order valence-electron chi connectivity index (χ0n) is 16.6. The minimum absolute atomic E-state index is 0.0752. The fourth-order valence-corrected chi connectivity index (χ4v) is 3.19. The Bertz CT molecular complexity index is 899. The van der Waals surface area contributed by atoms with Gasteiger partial charge in [0.1, 0.15) is 12.0 Å². The van der Waals surface area contributed by atoms with Crippen molar-refractivity contribution < 1.29 is 19.7 Å². The largest absolute Gasteiger partial charge is 0.448 e. The van der Waals surface area contributed by atoms with Crippen molar-refractivity contribution in [2.24, 2.45) is 5.73 Å². The van der Waals surface area contributed by atoms with Crippen LogP contribution in [0.2, 0.25) is 0 Å². The third-order valence-corrected chi connectivity index (χ3v) is 5.05. The molecule has 1 unspecified atom stereocenters. The zero-order chi connectivity index (χ0) is 20.9. The molecule has 0 aliphatic heterocycles. The van der Waals surface area contributed by atoms with Crippen LogP contribution in [-0.2, 0) is 6.42 Å². The molecule has 0 radical (unpaired) electrons. The molecule has 6 heteroatoms. The van der Waals surface area contributed by atoms with Gasteiger partial charge in [0.25, 0.3) is 0 Å². The van der Waals surface area contributed by atoms with Gasteiger partial charge in [0, 0.05) is 12.0 Å². The Hall–Kier alpha value is -2.51. The lowest BCUT2D eigenvalue weighted by Crippen LogP contribution is -2.48. The molecule has 3 aromatic rings. The Labute approximate surface area is 170 Å². The summed E-state index contributed by atoms with van der Waals surface area (Å²) in [6.45, 7) is 1.31. The van der Waals surface area contributed by atoms with Crippen molar-refractivity contribution in [2.75, 3.05) is 13.2 Å². The first-order valence-corrected chi connectivity index (χ1v) is 9.82. The second-order valence-corrected chi connectivity index (χ2v) is 7.47. The lowest BCUT2D eigenvalue weighted by molar-refractivity contribution is 0.0618. The number of aryl methyl sites for hydroxylation is 1. The van der Waals surface area contributed by atoms with Crippen LogP contribution in [0.25, 0.3) is 22.4 Å². The lowest BCUT2D eigenvalue weighted by Gasteiger charge is -2.27. The van der Waals surface area contributed by atoms with Crippen LogP contribution in [0.3, 0.4) is 0 Å². The van der Waals surface area contributed by atoms with Crippen molar-refractivity contribution in [2.45, 2.75) is 37.8 Å². The lowest BCUT2D eigenvalue weighted by atomic mass is 9.91. The Kier molecular flexibility index (Phi) is 6.82. The molecule has 0 amide bonds. The van der Waals surface area contributed by atoms with Crippen molar-refractivity contribution >= 4 is 0 Å². The van der Waals surface area contributed by atoms with Gasteiger partial charge in [0.05, 0.1) is 24.9 Å². The maximum Gasteiger partial charge on any atom is 0.194 e. The molecular weight excluding hydrogens is 368 g/mol. The molecule has 3 rings (SSSR count). The van der Waals surface area contributed by atoms with E-state index in [1.165, 1.54) is 0 Å². The first-order valence-electron chi connectivity index (χ1n) is 9.82. The summed E-state index contributed by atoms with van der Waals surface area (Å²) in [6, 6.07) is 15.6. The van der Waals surface area contributed by atoms with Gasteiger partial charge in [-0.2, -0.15) is 0 Å². The number of hydrogen-bond acceptors (Lipinski definition) is 6. The molecule has 0 fully saturated rings. The fourth-order valence-electron chi connectivity index (χ4n) is 3.19. The van der Waals surface area contributed by atoms with Crippen molar-refractivity contribution in [1.29, 1.82) is 0 Å². The Morgan fingerprint density at radius 3 is 2.07 bits per heavy atom. The van der Waals surface area contributed by atoms with E-state index in [2.05, 4.69) is 11.9 Å². The molecule has 6 nitrogen and oxygen atoms in total. The van der Waals surface area contributed by atoms with E-state index < -0.39 is 24.9 Å². The number of hydrogen-bond donors (Lipinski definition) is 4. The van der Waals surface area contributed by atoms with Gasteiger partial charge in [-0.1, -0.05) is 55.5 Å². The Balaban J connectivity index is 1.71. The maximum atomic E-state index is 10.4. The monoisotopic (exact) mass is 396 g/mol. The molecular formula is C23H28N2O4. The number of aliphatic hydroxyl groups excluding tert-OH is 3. The number of nitrogens with zero attached hydrogens (tertiary/aromatic N) is 1. The van der Waals surface area contributed by atoms with E-state index >= 15 is 0 Å². The molecule has 5 N–H and O–H groups in total. The summed E-state index contributed by atoms with van der Waals surface area (Å²) in [5, 5.41) is 29.0. The molecule has 2 aromatic carbocycles. The average molecular weight is 396 g/mol. The molecule has 1 aromatic heterocycles. The molecule has 0 aliphatic carbocycles. The van der Waals surface area contributed by atoms with E-state index in [-0.39, 0.29) is 6.42 Å². The average Bonchev–Trinajstić information content (AvgIpc) is 3.23. The summed E-state index contributed by atoms with van der Waals surface area (Å²) in [5.41, 5.74) is 9.24. The summed E-state index contributed by atoms with van der Waals surface area (Å²) in [6.07, 6.45) is 2.73. The molecule has 0 saturated carbocycles. The molecule has 0 spiro atoms. The summed E-state index contributed by atoms with van der Waals surface area (Å²) in [5.74, 6) is 0.754. The zero-order valence-corrected chi connectivity index (χ0v) is 16.6. The van der Waals surface area contributed by atoms with Crippen LogP contribution in [0.4, 0.5) is 0 Å². The van der Waals surface area contributed by atoms with Crippen LogP contribution in [0, 0.1) is 0 Å². The van der Waals surface area contributed by atoms with Gasteiger partial charge in [0.2, 0.25) is 0 Å². The highest BCUT2D eigenvalue weighted by Gasteiger charge is 2.27. The van der Waals surface area contributed by atoms with E-state index in [9.17, 15) is 15.3 Å². The first-order chi connectivity index (χ1) is 14.0. The van der Waals surface area contributed by atoms with Crippen molar-refractivity contribution in [1.82, 2.24) is 4.98 Å². The number of benzene rings is 2. The van der Waals surface area contributed by atoms with E-state index in [1.807, 2.05) is 48.5 Å². The minimum Gasteiger partial charge on any atom is -0.448 e. The van der Waals surface area contributed by atoms with Crippen molar-refractivity contribution in [3.63, 3.8) is 0 Å². The molecule has 0 bridgehead atoms. The molecule has 0 saturated heterocycles. The molecule has 0 aliphatic rings. The third-order valence-electron chi connectivity index (χ3n) is 5.05. The van der Waals surface area contributed by atoms with Crippen LogP contribution in [0.1, 0.15) is 37.3 Å². The number of oxazole rings is 1. The molecule has 29 heavy (non-hydrogen) atoms. The topological polar surface area (TPSA) is 113 Å². The third kappa shape index (κ3) is 5.10. The van der Waals surface area contributed by atoms with E-state index in [4.69, 9.17) is 10.2 Å². The van der Waals surface area contributed by atoms with Crippen molar-refractivity contribution in [3.8, 4) is 22.4 Å². The summed E-state index contributed by atoms with van der Waals surface area (Å²) >= 11 is 0. The fraction of sp³-hybridized carbons (Fsp3) is 0.348. The highest BCUT2D eigenvalue weighted by molar-refractivity contribution is 5.68. The molecule has 1 atom stereocenters. The standard InChI is InChI=1S/C23H28N2O4/c1-2-3-22-25-20(13-29-22)18-8-4-16(5-9-18)17-6-10-19(11-7-17)21(28)12-23(24,14-26)15-27/h4-11,13,21,26-28H,2-3,12,14-15,24H2,1H3. The highest BCUT2D eigenvalue weighted by Crippen LogP contribution is 2.28. The second kappa shape index (κ2) is 9.33. The summed E-state index contributed by atoms with van der Waals surface area (Å²) in [4.78, 5) is 4.51. The van der Waals surface area contributed by atoms with Crippen LogP contribution in [0.15, 0.2) is 59.2 Å². The van der Waals surface area contributed by atoms with E-state index in [1.54, 1.807) is 6.26 Å². The summed E-state index contributed by atoms with van der Waals surface area (Å²) in [7, 11) is 0. The molecule has 1 heterocycles. The second-order valence-electron chi connectivity index (χ2n) is 7.47. The maximum absolute atomic E-state index is 10.4. The van der Waals surface area contributed by atoms with Gasteiger partial charge in [-0.15, -0.1) is 0 Å². The Morgan fingerprint density at radius 1 is 0.966 bits per heavy atom. The van der Waals surface area contributed by atoms with Gasteiger partial charge >= 0.3 is 0 Å². The quantitative estimate of drug-likeness (QED) is 0.442. The van der Waals surface area contributed by atoms with Crippen LogP contribution >= 0.6 is 0 Å². The smallest absolute Gasteiger partial charge is 0.194 e. The van der Waals surface area contributed by atoms with Gasteiger partial charge in [-0.05, 0) is 29.5 Å². The molecule has 154 valence electrons. The van der Waals surface area contributed by atoms with Crippen LogP contribution < -0.4 is 5.73 Å². The number of nitrogens with two attached hydrogens (primary N) is 1. The van der Waals surface area contributed by atoms with Gasteiger partial charge in [0.15, 0.2) is 5.89 Å². The minimum atomic E-state index is -1.20. The van der Waals surface area contributed by atoms with Crippen molar-refractivity contribution in [3.05, 3.63) is 66.2 Å². The predicted octanol–water partition coefficient (Wildman–Crippen LogP) is 3.07. The van der Waals surface area contributed by atoms with E-state index in [0.717, 1.165) is 41.1 Å². The number of aliphatic hydroxyl groups is 3. The Morgan fingerprint density at radius 2 is 1.52 bits per heavy atom. The van der Waals surface area contributed by atoms with Crippen LogP contribution in [0.5, 0.6) is 0 Å². The van der Waals surface area contributed by atoms with Gasteiger partial charge < -0.3 is 25.5 Å². The predicted molar refractivity (Wildman–Crippen MR) is 112 cm³/mol. The van der Waals surface area contributed by atoms with E-state index in [0.29, 0.717) is 5.56 Å². The van der Waals surface area contributed by atoms with Gasteiger partial charge in [-0.25, -0.2) is 4.98 Å².